The van der Waals surface area contributed by atoms with Crippen molar-refractivity contribution < 1.29 is 14.6 Å². The van der Waals surface area contributed by atoms with Crippen molar-refractivity contribution in [3.63, 3.8) is 0 Å². The van der Waals surface area contributed by atoms with E-state index in [1.165, 1.54) is 0 Å². The third-order valence-corrected chi connectivity index (χ3v) is 5.55. The summed E-state index contributed by atoms with van der Waals surface area (Å²) in [5, 5.41) is 15.6. The number of aromatic hydroxyl groups is 1. The number of hydrogen-bond donors (Lipinski definition) is 2. The molecule has 1 heterocycles. The number of nitrogens with zero attached hydrogens (tertiary/aromatic N) is 1. The number of amides is 1. The summed E-state index contributed by atoms with van der Waals surface area (Å²) in [4.78, 5) is 17.3. The number of pyridine rings is 1. The monoisotopic (exact) mass is 452 g/mol. The molecule has 5 nitrogen and oxygen atoms in total. The van der Waals surface area contributed by atoms with Crippen LogP contribution in [0.15, 0.2) is 72.9 Å². The van der Waals surface area contributed by atoms with Gasteiger partial charge in [0.25, 0.3) is 5.91 Å². The molecule has 1 atom stereocenters. The number of phenols is 1. The zero-order valence-corrected chi connectivity index (χ0v) is 18.0. The first-order valence-electron chi connectivity index (χ1n) is 9.44. The van der Waals surface area contributed by atoms with E-state index < -0.39 is 6.04 Å². The molecule has 0 unspecified atom stereocenters. The van der Waals surface area contributed by atoms with Crippen LogP contribution in [0.4, 0.5) is 0 Å². The standard InChI is InChI=1S/C24H18Cl2N2O3/c1-31-17-10-6-15(7-11-17)24(30)28-21(14-4-8-16(25)9-5-14)19-13-20(26)18-3-2-12-27-22(18)23(19)29/h2-13,21,29H,1H3,(H,28,30)/t21-/m0/s1. The van der Waals surface area contributed by atoms with Gasteiger partial charge >= 0.3 is 0 Å². The normalized spacial score (nSPS) is 11.8. The average Bonchev–Trinajstić information content (AvgIpc) is 2.80. The Labute approximate surface area is 189 Å². The molecule has 0 aliphatic heterocycles. The lowest BCUT2D eigenvalue weighted by atomic mass is 9.95. The van der Waals surface area contributed by atoms with Crippen molar-refractivity contribution in [1.82, 2.24) is 10.3 Å². The lowest BCUT2D eigenvalue weighted by Gasteiger charge is -2.22. The van der Waals surface area contributed by atoms with Crippen LogP contribution in [0, 0.1) is 0 Å². The Morgan fingerprint density at radius 1 is 1.06 bits per heavy atom. The molecule has 1 amide bonds. The van der Waals surface area contributed by atoms with Gasteiger partial charge in [-0.3, -0.25) is 9.78 Å². The number of methoxy groups -OCH3 is 1. The first kappa shape index (κ1) is 21.0. The molecule has 0 saturated heterocycles. The van der Waals surface area contributed by atoms with Crippen molar-refractivity contribution in [3.05, 3.63) is 99.7 Å². The van der Waals surface area contributed by atoms with Gasteiger partial charge in [0.2, 0.25) is 0 Å². The molecule has 7 heteroatoms. The number of carbonyl (C=O) groups excluding carboxylic acids is 1. The van der Waals surface area contributed by atoms with E-state index in [0.717, 1.165) is 5.56 Å². The Hall–Kier alpha value is -3.28. The molecular formula is C24H18Cl2N2O3. The number of ether oxygens (including phenoxy) is 1. The van der Waals surface area contributed by atoms with Gasteiger partial charge in [-0.15, -0.1) is 0 Å². The van der Waals surface area contributed by atoms with Crippen LogP contribution in [-0.2, 0) is 0 Å². The van der Waals surface area contributed by atoms with E-state index in [4.69, 9.17) is 27.9 Å². The van der Waals surface area contributed by atoms with Gasteiger partial charge in [0, 0.05) is 27.7 Å². The van der Waals surface area contributed by atoms with Crippen molar-refractivity contribution in [2.24, 2.45) is 0 Å². The summed E-state index contributed by atoms with van der Waals surface area (Å²) in [7, 11) is 1.56. The van der Waals surface area contributed by atoms with E-state index >= 15 is 0 Å². The molecule has 4 aromatic rings. The van der Waals surface area contributed by atoms with Crippen LogP contribution >= 0.6 is 23.2 Å². The van der Waals surface area contributed by atoms with Gasteiger partial charge < -0.3 is 15.2 Å². The number of halogens is 2. The predicted molar refractivity (Wildman–Crippen MR) is 122 cm³/mol. The molecule has 1 aromatic heterocycles. The first-order chi connectivity index (χ1) is 15.0. The molecule has 0 bridgehead atoms. The highest BCUT2D eigenvalue weighted by Gasteiger charge is 2.24. The molecule has 0 saturated carbocycles. The minimum atomic E-state index is -0.684. The molecule has 0 spiro atoms. The smallest absolute Gasteiger partial charge is 0.252 e. The molecule has 0 aliphatic carbocycles. The van der Waals surface area contributed by atoms with Crippen LogP contribution in [0.25, 0.3) is 10.9 Å². The van der Waals surface area contributed by atoms with Crippen molar-refractivity contribution in [3.8, 4) is 11.5 Å². The summed E-state index contributed by atoms with van der Waals surface area (Å²) in [5.41, 5.74) is 1.97. The van der Waals surface area contributed by atoms with E-state index in [-0.39, 0.29) is 11.7 Å². The molecule has 4 rings (SSSR count). The van der Waals surface area contributed by atoms with Crippen LogP contribution in [0.1, 0.15) is 27.5 Å². The van der Waals surface area contributed by atoms with Gasteiger partial charge in [0.05, 0.1) is 18.2 Å². The van der Waals surface area contributed by atoms with Crippen LogP contribution in [0.3, 0.4) is 0 Å². The topological polar surface area (TPSA) is 71.5 Å². The summed E-state index contributed by atoms with van der Waals surface area (Å²) in [5.74, 6) is 0.282. The fourth-order valence-corrected chi connectivity index (χ4v) is 3.77. The average molecular weight is 453 g/mol. The number of phenolic OH excluding ortho intramolecular Hbond substituents is 1. The molecule has 31 heavy (non-hydrogen) atoms. The highest BCUT2D eigenvalue weighted by molar-refractivity contribution is 6.35. The molecule has 156 valence electrons. The Bertz CT molecular complexity index is 1240. The van der Waals surface area contributed by atoms with Crippen molar-refractivity contribution in [2.75, 3.05) is 7.11 Å². The van der Waals surface area contributed by atoms with E-state index in [0.29, 0.717) is 37.8 Å². The SMILES string of the molecule is COc1ccc(C(=O)N[C@@H](c2ccc(Cl)cc2)c2cc(Cl)c3cccnc3c2O)cc1. The number of fused-ring (bicyclic) bond motifs is 1. The predicted octanol–water partition coefficient (Wildman–Crippen LogP) is 5.78. The minimum absolute atomic E-state index is 0.0463. The Balaban J connectivity index is 1.80. The van der Waals surface area contributed by atoms with Crippen LogP contribution in [-0.4, -0.2) is 23.1 Å². The number of rotatable bonds is 5. The molecule has 0 radical (unpaired) electrons. The van der Waals surface area contributed by atoms with Gasteiger partial charge in [-0.25, -0.2) is 0 Å². The van der Waals surface area contributed by atoms with E-state index in [9.17, 15) is 9.90 Å². The molecule has 2 N–H and O–H groups in total. The second-order valence-electron chi connectivity index (χ2n) is 6.88. The van der Waals surface area contributed by atoms with Crippen LogP contribution in [0.5, 0.6) is 11.5 Å². The summed E-state index contributed by atoms with van der Waals surface area (Å²) in [6.45, 7) is 0. The van der Waals surface area contributed by atoms with Crippen molar-refractivity contribution in [1.29, 1.82) is 0 Å². The van der Waals surface area contributed by atoms with E-state index in [1.807, 2.05) is 0 Å². The summed E-state index contributed by atoms with van der Waals surface area (Å²) in [6, 6.07) is 18.3. The molecule has 3 aromatic carbocycles. The second-order valence-corrected chi connectivity index (χ2v) is 7.73. The molecule has 0 fully saturated rings. The molecular weight excluding hydrogens is 435 g/mol. The largest absolute Gasteiger partial charge is 0.505 e. The number of hydrogen-bond acceptors (Lipinski definition) is 4. The Morgan fingerprint density at radius 2 is 1.77 bits per heavy atom. The summed E-state index contributed by atoms with van der Waals surface area (Å²) in [6.07, 6.45) is 1.58. The van der Waals surface area contributed by atoms with Crippen molar-refractivity contribution >= 4 is 40.0 Å². The highest BCUT2D eigenvalue weighted by Crippen LogP contribution is 2.38. The van der Waals surface area contributed by atoms with Gasteiger partial charge in [-0.1, -0.05) is 35.3 Å². The summed E-state index contributed by atoms with van der Waals surface area (Å²) < 4.78 is 5.15. The quantitative estimate of drug-likeness (QED) is 0.402. The third-order valence-electron chi connectivity index (χ3n) is 4.99. The maximum absolute atomic E-state index is 13.0. The van der Waals surface area contributed by atoms with Gasteiger partial charge in [-0.2, -0.15) is 0 Å². The lowest BCUT2D eigenvalue weighted by molar-refractivity contribution is 0.0942. The summed E-state index contributed by atoms with van der Waals surface area (Å²) >= 11 is 12.5. The van der Waals surface area contributed by atoms with E-state index in [1.54, 1.807) is 80.0 Å². The number of carbonyl (C=O) groups is 1. The maximum Gasteiger partial charge on any atom is 0.252 e. The minimum Gasteiger partial charge on any atom is -0.505 e. The fraction of sp³-hybridized carbons (Fsp3) is 0.0833. The number of aromatic nitrogens is 1. The fourth-order valence-electron chi connectivity index (χ4n) is 3.38. The van der Waals surface area contributed by atoms with E-state index in [2.05, 4.69) is 10.3 Å². The van der Waals surface area contributed by atoms with Crippen LogP contribution < -0.4 is 10.1 Å². The van der Waals surface area contributed by atoms with Gasteiger partial charge in [-0.05, 0) is 60.2 Å². The second kappa shape index (κ2) is 8.84. The highest BCUT2D eigenvalue weighted by atomic mass is 35.5. The zero-order valence-electron chi connectivity index (χ0n) is 16.5. The van der Waals surface area contributed by atoms with Crippen LogP contribution in [0.2, 0.25) is 10.0 Å². The Kier molecular flexibility index (Phi) is 5.98. The van der Waals surface area contributed by atoms with Gasteiger partial charge in [0.1, 0.15) is 17.0 Å². The first-order valence-corrected chi connectivity index (χ1v) is 10.2. The molecule has 0 aliphatic rings. The number of nitrogens with one attached hydrogen (secondary N) is 1. The third kappa shape index (κ3) is 4.29. The maximum atomic E-state index is 13.0. The van der Waals surface area contributed by atoms with Crippen molar-refractivity contribution in [2.45, 2.75) is 6.04 Å². The number of benzene rings is 3. The lowest BCUT2D eigenvalue weighted by Crippen LogP contribution is -2.29. The Morgan fingerprint density at radius 3 is 2.45 bits per heavy atom. The van der Waals surface area contributed by atoms with Gasteiger partial charge in [0.15, 0.2) is 0 Å². The zero-order chi connectivity index (χ0) is 22.0.